The van der Waals surface area contributed by atoms with E-state index in [0.29, 0.717) is 36.0 Å². The van der Waals surface area contributed by atoms with Crippen molar-refractivity contribution in [2.24, 2.45) is 0 Å². The predicted molar refractivity (Wildman–Crippen MR) is 168 cm³/mol. The minimum Gasteiger partial charge on any atom is -0.499 e. The summed E-state index contributed by atoms with van der Waals surface area (Å²) in [4.78, 5) is 33.2. The monoisotopic (exact) mass is 632 g/mol. The molecule has 246 valence electrons. The molecule has 0 spiro atoms. The summed E-state index contributed by atoms with van der Waals surface area (Å²) >= 11 is 0. The predicted octanol–water partition coefficient (Wildman–Crippen LogP) is 5.73. The van der Waals surface area contributed by atoms with Crippen molar-refractivity contribution >= 4 is 34.9 Å². The van der Waals surface area contributed by atoms with E-state index in [1.54, 1.807) is 48.5 Å². The van der Waals surface area contributed by atoms with Gasteiger partial charge < -0.3 is 33.2 Å². The number of anilines is 4. The van der Waals surface area contributed by atoms with Gasteiger partial charge in [0, 0.05) is 5.69 Å². The molecule has 2 aromatic rings. The summed E-state index contributed by atoms with van der Waals surface area (Å²) in [5.74, 6) is 0. The first kappa shape index (κ1) is 37.6. The molecule has 2 aromatic carbocycles. The third-order valence-electron chi connectivity index (χ3n) is 4.62. The van der Waals surface area contributed by atoms with Crippen molar-refractivity contribution in [2.45, 2.75) is 0 Å². The van der Waals surface area contributed by atoms with Crippen LogP contribution >= 0.6 is 0 Å². The molecule has 0 aliphatic carbocycles. The lowest BCUT2D eigenvalue weighted by atomic mass is 10.3. The largest absolute Gasteiger partial charge is 0.499 e. The Bertz CT molecular complexity index is 1130. The molecule has 2 rings (SSSR count). The van der Waals surface area contributed by atoms with Gasteiger partial charge in [0.1, 0.15) is 33.0 Å². The number of benzene rings is 2. The second-order valence-corrected chi connectivity index (χ2v) is 7.73. The third kappa shape index (κ3) is 20.2. The quantitative estimate of drug-likeness (QED) is 0.0508. The van der Waals surface area contributed by atoms with Gasteiger partial charge in [-0.25, -0.2) is 19.3 Å². The molecule has 45 heavy (non-hydrogen) atoms. The van der Waals surface area contributed by atoms with Gasteiger partial charge in [0.05, 0.1) is 48.7 Å². The number of amides is 2. The van der Waals surface area contributed by atoms with Crippen molar-refractivity contribution in [1.29, 1.82) is 0 Å². The zero-order chi connectivity index (χ0) is 32.8. The van der Waals surface area contributed by atoms with Crippen molar-refractivity contribution in [3.05, 3.63) is 99.9 Å². The highest BCUT2D eigenvalue weighted by Gasteiger charge is 2.07. The molecule has 0 unspecified atom stereocenters. The van der Waals surface area contributed by atoms with Gasteiger partial charge in [0.2, 0.25) is 6.79 Å². The molecule has 0 bridgehead atoms. The Labute approximate surface area is 262 Å². The van der Waals surface area contributed by atoms with Gasteiger partial charge in [-0.05, 0) is 36.4 Å². The summed E-state index contributed by atoms with van der Waals surface area (Å²) in [7, 11) is 0. The number of hydrogen-bond acceptors (Lipinski definition) is 13. The first-order valence-corrected chi connectivity index (χ1v) is 13.3. The molecule has 0 atom stereocenters. The van der Waals surface area contributed by atoms with Crippen molar-refractivity contribution in [2.75, 3.05) is 74.8 Å². The summed E-state index contributed by atoms with van der Waals surface area (Å²) < 4.78 is 34.3. The third-order valence-corrected chi connectivity index (χ3v) is 4.62. The average molecular weight is 633 g/mol. The second-order valence-electron chi connectivity index (χ2n) is 7.73. The van der Waals surface area contributed by atoms with Crippen molar-refractivity contribution in [3.8, 4) is 0 Å². The summed E-state index contributed by atoms with van der Waals surface area (Å²) in [6.07, 6.45) is 4.03. The highest BCUT2D eigenvalue weighted by atomic mass is 16.8. The number of para-hydroxylation sites is 2. The highest BCUT2D eigenvalue weighted by Crippen LogP contribution is 2.21. The second kappa shape index (κ2) is 26.3. The van der Waals surface area contributed by atoms with Gasteiger partial charge in [-0.2, -0.15) is 0 Å². The van der Waals surface area contributed by atoms with E-state index >= 15 is 0 Å². The standard InChI is InChI=1S/C16H22N2O6.C14H18N2O5/c1-3-20-9-10-22-13-24-18-15-8-6-5-7-14(15)17-16(19)23-12-11-21-4-2;1-3-18-9-10-20-14(17)15-12-5-7-13(8-6-12)16-21-11-19-4-2/h3-8,18H,1-2,9-13H2,(H,17,19);3-8,16H,1-2,9-11H2,(H,15,17). The minimum absolute atomic E-state index is 0.0121. The number of hydrogen-bond donors (Lipinski definition) is 4. The van der Waals surface area contributed by atoms with Crippen LogP contribution in [0, 0.1) is 0 Å². The molecular weight excluding hydrogens is 592 g/mol. The van der Waals surface area contributed by atoms with Gasteiger partial charge in [-0.3, -0.25) is 21.6 Å². The lowest BCUT2D eigenvalue weighted by molar-refractivity contribution is -0.0432. The lowest BCUT2D eigenvalue weighted by Gasteiger charge is -2.13. The van der Waals surface area contributed by atoms with Crippen LogP contribution in [0.1, 0.15) is 0 Å². The fourth-order valence-electron chi connectivity index (χ4n) is 2.73. The van der Waals surface area contributed by atoms with Crippen LogP contribution in [0.25, 0.3) is 0 Å². The number of carbonyl (C=O) groups excluding carboxylic acids is 2. The number of ether oxygens (including phenoxy) is 7. The van der Waals surface area contributed by atoms with E-state index in [2.05, 4.69) is 47.9 Å². The normalized spacial score (nSPS) is 9.51. The Morgan fingerprint density at radius 3 is 1.67 bits per heavy atom. The Hall–Kier alpha value is -5.38. The van der Waals surface area contributed by atoms with Crippen LogP contribution < -0.4 is 21.6 Å². The smallest absolute Gasteiger partial charge is 0.411 e. The maximum atomic E-state index is 11.7. The molecule has 2 amide bonds. The van der Waals surface area contributed by atoms with E-state index in [1.807, 2.05) is 0 Å². The van der Waals surface area contributed by atoms with E-state index in [0.717, 1.165) is 0 Å². The van der Waals surface area contributed by atoms with E-state index in [4.69, 9.17) is 42.8 Å². The lowest BCUT2D eigenvalue weighted by Crippen LogP contribution is -2.17. The molecule has 0 aromatic heterocycles. The number of carbonyl (C=O) groups is 2. The molecule has 0 aliphatic rings. The van der Waals surface area contributed by atoms with Crippen molar-refractivity contribution < 1.29 is 52.4 Å². The molecule has 0 aliphatic heterocycles. The maximum absolute atomic E-state index is 11.7. The van der Waals surface area contributed by atoms with E-state index in [-0.39, 0.29) is 40.0 Å². The molecular formula is C30H40N4O11. The number of nitrogens with one attached hydrogen (secondary N) is 4. The van der Waals surface area contributed by atoms with Crippen LogP contribution in [0.4, 0.5) is 32.3 Å². The SMILES string of the molecule is C=COCCOC(=O)Nc1ccc(NOCOC=C)cc1.C=COCCOCONc1ccccc1NC(=O)OCCOC=C. The Morgan fingerprint density at radius 1 is 0.556 bits per heavy atom. The highest BCUT2D eigenvalue weighted by molar-refractivity contribution is 5.89. The van der Waals surface area contributed by atoms with E-state index in [1.165, 1.54) is 25.0 Å². The fraction of sp³-hybridized carbons (Fsp3) is 0.267. The van der Waals surface area contributed by atoms with Crippen molar-refractivity contribution in [1.82, 2.24) is 0 Å². The first-order valence-electron chi connectivity index (χ1n) is 13.3. The molecule has 0 fully saturated rings. The first-order chi connectivity index (χ1) is 22.0. The zero-order valence-corrected chi connectivity index (χ0v) is 24.9. The molecule has 0 saturated carbocycles. The maximum Gasteiger partial charge on any atom is 0.411 e. The zero-order valence-electron chi connectivity index (χ0n) is 24.9. The summed E-state index contributed by atoms with van der Waals surface area (Å²) in [5, 5.41) is 5.17. The molecule has 15 heteroatoms. The van der Waals surface area contributed by atoms with Crippen molar-refractivity contribution in [3.63, 3.8) is 0 Å². The van der Waals surface area contributed by atoms with Gasteiger partial charge in [0.25, 0.3) is 0 Å². The summed E-state index contributed by atoms with van der Waals surface area (Å²) in [6, 6.07) is 13.8. The van der Waals surface area contributed by atoms with Crippen LogP contribution in [0.2, 0.25) is 0 Å². The van der Waals surface area contributed by atoms with E-state index < -0.39 is 12.2 Å². The Morgan fingerprint density at radius 2 is 1.07 bits per heavy atom. The molecule has 4 N–H and O–H groups in total. The Balaban J connectivity index is 0.000000454. The minimum atomic E-state index is -0.602. The molecule has 0 radical (unpaired) electrons. The molecule has 0 saturated heterocycles. The van der Waals surface area contributed by atoms with Gasteiger partial charge in [-0.15, -0.1) is 0 Å². The van der Waals surface area contributed by atoms with E-state index in [9.17, 15) is 9.59 Å². The number of rotatable bonds is 23. The summed E-state index contributed by atoms with van der Waals surface area (Å²) in [5.41, 5.74) is 7.72. The summed E-state index contributed by atoms with van der Waals surface area (Å²) in [6.45, 7) is 15.2. The Kier molecular flexibility index (Phi) is 22.0. The van der Waals surface area contributed by atoms with Crippen LogP contribution in [0.15, 0.2) is 99.9 Å². The molecule has 15 nitrogen and oxygen atoms in total. The molecule has 0 heterocycles. The fourth-order valence-corrected chi connectivity index (χ4v) is 2.73. The van der Waals surface area contributed by atoms with Crippen LogP contribution in [0.3, 0.4) is 0 Å². The topological polar surface area (TPSA) is 165 Å². The average Bonchev–Trinajstić information content (AvgIpc) is 3.05. The van der Waals surface area contributed by atoms with Gasteiger partial charge in [-0.1, -0.05) is 38.4 Å². The van der Waals surface area contributed by atoms with Crippen LogP contribution in [-0.4, -0.2) is 65.4 Å². The van der Waals surface area contributed by atoms with Gasteiger partial charge >= 0.3 is 12.2 Å². The van der Waals surface area contributed by atoms with Gasteiger partial charge in [0.15, 0.2) is 6.79 Å². The van der Waals surface area contributed by atoms with Crippen LogP contribution in [0.5, 0.6) is 0 Å². The van der Waals surface area contributed by atoms with Crippen LogP contribution in [-0.2, 0) is 42.8 Å².